The van der Waals surface area contributed by atoms with Gasteiger partial charge < -0.3 is 5.11 Å². The van der Waals surface area contributed by atoms with Gasteiger partial charge in [0.2, 0.25) is 0 Å². The van der Waals surface area contributed by atoms with Crippen molar-refractivity contribution in [1.82, 2.24) is 0 Å². The van der Waals surface area contributed by atoms with Gasteiger partial charge in [0.05, 0.1) is 6.10 Å². The van der Waals surface area contributed by atoms with Gasteiger partial charge in [-0.2, -0.15) is 0 Å². The first-order valence-electron chi connectivity index (χ1n) is 6.47. The van der Waals surface area contributed by atoms with Gasteiger partial charge in [0, 0.05) is 0 Å². The molecule has 1 aliphatic carbocycles. The minimum Gasteiger partial charge on any atom is -0.388 e. The number of rotatable bonds is 2. The second-order valence-electron chi connectivity index (χ2n) is 5.62. The van der Waals surface area contributed by atoms with Crippen molar-refractivity contribution in [2.75, 3.05) is 0 Å². The molecule has 1 unspecified atom stereocenters. The minimum absolute atomic E-state index is 0.0865. The van der Waals surface area contributed by atoms with Gasteiger partial charge >= 0.3 is 0 Å². The van der Waals surface area contributed by atoms with E-state index in [1.807, 2.05) is 6.92 Å². The van der Waals surface area contributed by atoms with Gasteiger partial charge in [-0.3, -0.25) is 0 Å². The normalized spacial score (nSPS) is 21.2. The van der Waals surface area contributed by atoms with E-state index in [0.717, 1.165) is 24.0 Å². The van der Waals surface area contributed by atoms with Crippen molar-refractivity contribution in [3.8, 4) is 0 Å². The Morgan fingerprint density at radius 1 is 1.24 bits per heavy atom. The Hall–Kier alpha value is -0.890. The molecule has 1 nitrogen and oxygen atoms in total. The van der Waals surface area contributed by atoms with Crippen LogP contribution in [-0.4, -0.2) is 5.11 Å². The summed E-state index contributed by atoms with van der Waals surface area (Å²) in [5.41, 5.74) is 1.65. The molecule has 2 heteroatoms. The lowest BCUT2D eigenvalue weighted by Gasteiger charge is -2.38. The fourth-order valence-electron chi connectivity index (χ4n) is 2.91. The fraction of sp³-hybridized carbons (Fsp3) is 0.600. The average Bonchev–Trinajstić information content (AvgIpc) is 2.32. The summed E-state index contributed by atoms with van der Waals surface area (Å²) in [7, 11) is 0. The molecule has 1 aromatic carbocycles. The molecule has 0 radical (unpaired) electrons. The highest BCUT2D eigenvalue weighted by atomic mass is 19.1. The molecule has 0 bridgehead atoms. The third kappa shape index (κ3) is 2.52. The van der Waals surface area contributed by atoms with Gasteiger partial charge in [0.1, 0.15) is 5.82 Å². The summed E-state index contributed by atoms with van der Waals surface area (Å²) in [5.74, 6) is -0.260. The zero-order valence-electron chi connectivity index (χ0n) is 10.7. The molecule has 1 aromatic rings. The van der Waals surface area contributed by atoms with Crippen LogP contribution in [0.4, 0.5) is 4.39 Å². The summed E-state index contributed by atoms with van der Waals surface area (Å²) >= 11 is 0. The third-order valence-corrected chi connectivity index (χ3v) is 4.19. The van der Waals surface area contributed by atoms with Gasteiger partial charge in [0.25, 0.3) is 0 Å². The van der Waals surface area contributed by atoms with E-state index in [9.17, 15) is 9.50 Å². The second kappa shape index (κ2) is 4.77. The first-order chi connectivity index (χ1) is 8.03. The monoisotopic (exact) mass is 236 g/mol. The highest BCUT2D eigenvalue weighted by molar-refractivity contribution is 5.30. The summed E-state index contributed by atoms with van der Waals surface area (Å²) in [6.07, 6.45) is 5.11. The molecular weight excluding hydrogens is 215 g/mol. The average molecular weight is 236 g/mol. The summed E-state index contributed by atoms with van der Waals surface area (Å²) in [6.45, 7) is 4.06. The Kier molecular flexibility index (Phi) is 3.53. The molecule has 1 aliphatic rings. The van der Waals surface area contributed by atoms with Crippen molar-refractivity contribution in [2.24, 2.45) is 5.41 Å². The second-order valence-corrected chi connectivity index (χ2v) is 5.62. The molecular formula is C15H21FO. The minimum atomic E-state index is -0.543. The summed E-state index contributed by atoms with van der Waals surface area (Å²) in [5, 5.41) is 10.5. The Labute approximate surface area is 103 Å². The number of hydrogen-bond donors (Lipinski definition) is 1. The number of aliphatic hydroxyl groups excluding tert-OH is 1. The van der Waals surface area contributed by atoms with E-state index in [1.165, 1.54) is 31.4 Å². The highest BCUT2D eigenvalue weighted by Crippen LogP contribution is 2.46. The molecule has 0 heterocycles. The maximum Gasteiger partial charge on any atom is 0.123 e. The number of aliphatic hydroxyl groups is 1. The lowest BCUT2D eigenvalue weighted by molar-refractivity contribution is 0.00759. The van der Waals surface area contributed by atoms with Crippen LogP contribution in [0, 0.1) is 18.2 Å². The molecule has 1 N–H and O–H groups in total. The lowest BCUT2D eigenvalue weighted by Crippen LogP contribution is -2.28. The van der Waals surface area contributed by atoms with E-state index >= 15 is 0 Å². The standard InChI is InChI=1S/C15H21FO/c1-11-6-7-12(16)10-13(11)14(17)15(2)8-4-3-5-9-15/h6-7,10,14,17H,3-5,8-9H2,1-2H3. The molecule has 1 atom stereocenters. The van der Waals surface area contributed by atoms with Crippen molar-refractivity contribution >= 4 is 0 Å². The van der Waals surface area contributed by atoms with Crippen molar-refractivity contribution in [3.63, 3.8) is 0 Å². The number of aryl methyl sites for hydroxylation is 1. The molecule has 0 aliphatic heterocycles. The van der Waals surface area contributed by atoms with Crippen molar-refractivity contribution in [1.29, 1.82) is 0 Å². The molecule has 1 saturated carbocycles. The zero-order valence-corrected chi connectivity index (χ0v) is 10.7. The summed E-state index contributed by atoms with van der Waals surface area (Å²) < 4.78 is 13.3. The van der Waals surface area contributed by atoms with Crippen LogP contribution in [0.1, 0.15) is 56.3 Å². The molecule has 94 valence electrons. The SMILES string of the molecule is Cc1ccc(F)cc1C(O)C1(C)CCCCC1. The van der Waals surface area contributed by atoms with Crippen LogP contribution in [0.25, 0.3) is 0 Å². The van der Waals surface area contributed by atoms with Crippen molar-refractivity contribution in [2.45, 2.75) is 52.1 Å². The zero-order chi connectivity index (χ0) is 12.5. The first-order valence-corrected chi connectivity index (χ1v) is 6.47. The molecule has 0 saturated heterocycles. The fourth-order valence-corrected chi connectivity index (χ4v) is 2.91. The number of benzene rings is 1. The largest absolute Gasteiger partial charge is 0.388 e. The van der Waals surface area contributed by atoms with Crippen LogP contribution in [0.2, 0.25) is 0 Å². The van der Waals surface area contributed by atoms with Gasteiger partial charge in [0.15, 0.2) is 0 Å². The topological polar surface area (TPSA) is 20.2 Å². The van der Waals surface area contributed by atoms with Gasteiger partial charge in [-0.1, -0.05) is 32.3 Å². The van der Waals surface area contributed by atoms with E-state index in [2.05, 4.69) is 6.92 Å². The first kappa shape index (κ1) is 12.6. The smallest absolute Gasteiger partial charge is 0.123 e. The predicted molar refractivity (Wildman–Crippen MR) is 67.3 cm³/mol. The van der Waals surface area contributed by atoms with Crippen LogP contribution in [0.5, 0.6) is 0 Å². The number of hydrogen-bond acceptors (Lipinski definition) is 1. The molecule has 0 amide bonds. The van der Waals surface area contributed by atoms with Crippen LogP contribution in [0.3, 0.4) is 0 Å². The Balaban J connectivity index is 2.29. The quantitative estimate of drug-likeness (QED) is 0.818. The van der Waals surface area contributed by atoms with E-state index in [0.29, 0.717) is 0 Å². The van der Waals surface area contributed by atoms with Crippen LogP contribution < -0.4 is 0 Å². The van der Waals surface area contributed by atoms with Crippen LogP contribution in [-0.2, 0) is 0 Å². The molecule has 0 aromatic heterocycles. The Bertz CT molecular complexity index is 394. The maximum absolute atomic E-state index is 13.3. The van der Waals surface area contributed by atoms with E-state index in [4.69, 9.17) is 0 Å². The molecule has 0 spiro atoms. The lowest BCUT2D eigenvalue weighted by atomic mass is 9.69. The molecule has 17 heavy (non-hydrogen) atoms. The van der Waals surface area contributed by atoms with Gasteiger partial charge in [-0.15, -0.1) is 0 Å². The highest BCUT2D eigenvalue weighted by Gasteiger charge is 2.35. The third-order valence-electron chi connectivity index (χ3n) is 4.19. The summed E-state index contributed by atoms with van der Waals surface area (Å²) in [6, 6.07) is 4.69. The Morgan fingerprint density at radius 2 is 1.88 bits per heavy atom. The van der Waals surface area contributed by atoms with Gasteiger partial charge in [-0.05, 0) is 48.4 Å². The van der Waals surface area contributed by atoms with Crippen LogP contribution in [0.15, 0.2) is 18.2 Å². The molecule has 1 fully saturated rings. The van der Waals surface area contributed by atoms with Crippen molar-refractivity contribution in [3.05, 3.63) is 35.1 Å². The van der Waals surface area contributed by atoms with Crippen molar-refractivity contribution < 1.29 is 9.50 Å². The summed E-state index contributed by atoms with van der Waals surface area (Å²) in [4.78, 5) is 0. The Morgan fingerprint density at radius 3 is 2.53 bits per heavy atom. The number of halogens is 1. The van der Waals surface area contributed by atoms with E-state index < -0.39 is 6.10 Å². The maximum atomic E-state index is 13.3. The molecule has 2 rings (SSSR count). The predicted octanol–water partition coefficient (Wildman–Crippen LogP) is 4.14. The van der Waals surface area contributed by atoms with Crippen LogP contribution >= 0.6 is 0 Å². The van der Waals surface area contributed by atoms with E-state index in [1.54, 1.807) is 6.07 Å². The van der Waals surface area contributed by atoms with E-state index in [-0.39, 0.29) is 11.2 Å². The van der Waals surface area contributed by atoms with Gasteiger partial charge in [-0.25, -0.2) is 4.39 Å².